The van der Waals surface area contributed by atoms with E-state index in [1.807, 2.05) is 0 Å². The maximum Gasteiger partial charge on any atom is 0.302 e. The molecule has 194 valence electrons. The maximum absolute atomic E-state index is 12.3. The van der Waals surface area contributed by atoms with Crippen LogP contribution in [0, 0.1) is 52.3 Å². The van der Waals surface area contributed by atoms with E-state index in [2.05, 4.69) is 47.6 Å². The van der Waals surface area contributed by atoms with Gasteiger partial charge in [-0.1, -0.05) is 66.0 Å². The molecule has 0 aromatic carbocycles. The molecule has 11 atom stereocenters. The molecule has 0 aliphatic heterocycles. The topological polar surface area (TPSA) is 66.8 Å². The Morgan fingerprint density at radius 2 is 1.85 bits per heavy atom. The summed E-state index contributed by atoms with van der Waals surface area (Å²) in [6.45, 7) is 15.7. The molecule has 4 rings (SSSR count). The first-order valence-corrected chi connectivity index (χ1v) is 14.1. The van der Waals surface area contributed by atoms with Crippen LogP contribution in [-0.2, 0) is 9.53 Å². The summed E-state index contributed by atoms with van der Waals surface area (Å²) in [6.07, 6.45) is 9.13. The number of hydrogen-bond donors (Lipinski definition) is 2. The summed E-state index contributed by atoms with van der Waals surface area (Å²) >= 11 is 0. The van der Waals surface area contributed by atoms with E-state index in [1.54, 1.807) is 0 Å². The average molecular weight is 475 g/mol. The van der Waals surface area contributed by atoms with E-state index in [-0.39, 0.29) is 23.4 Å². The largest absolute Gasteiger partial charge is 0.462 e. The quantitative estimate of drug-likeness (QED) is 0.358. The SMILES string of the molecule is CC(=O)O[C@@H]1C[C@]2(C)[C@@H]([C@H](C)CC[C@H](C)C(C)C)CC[C@H]2[C@@H]2CC=C3C[C@@H](O)C[C@H](O)[C@]3(C)[C@H]21. The van der Waals surface area contributed by atoms with Crippen molar-refractivity contribution in [1.29, 1.82) is 0 Å². The number of ether oxygens (including phenoxy) is 1. The lowest BCUT2D eigenvalue weighted by Gasteiger charge is -2.61. The van der Waals surface area contributed by atoms with Crippen molar-refractivity contribution in [1.82, 2.24) is 0 Å². The third kappa shape index (κ3) is 4.29. The van der Waals surface area contributed by atoms with Gasteiger partial charge in [0, 0.05) is 24.7 Å². The third-order valence-electron chi connectivity index (χ3n) is 11.4. The van der Waals surface area contributed by atoms with Gasteiger partial charge in [-0.15, -0.1) is 0 Å². The summed E-state index contributed by atoms with van der Waals surface area (Å²) in [5.41, 5.74) is 0.939. The van der Waals surface area contributed by atoms with Crippen LogP contribution >= 0.6 is 0 Å². The number of allylic oxidation sites excluding steroid dienone is 1. The fourth-order valence-corrected chi connectivity index (χ4v) is 9.14. The zero-order valence-electron chi connectivity index (χ0n) is 22.7. The molecule has 0 heterocycles. The summed E-state index contributed by atoms with van der Waals surface area (Å²) in [5, 5.41) is 21.7. The van der Waals surface area contributed by atoms with Gasteiger partial charge in [0.05, 0.1) is 12.2 Å². The van der Waals surface area contributed by atoms with Crippen molar-refractivity contribution < 1.29 is 19.7 Å². The van der Waals surface area contributed by atoms with Crippen molar-refractivity contribution in [3.05, 3.63) is 11.6 Å². The van der Waals surface area contributed by atoms with E-state index in [0.29, 0.717) is 36.5 Å². The van der Waals surface area contributed by atoms with Gasteiger partial charge >= 0.3 is 5.97 Å². The highest BCUT2D eigenvalue weighted by Gasteiger charge is 2.64. The van der Waals surface area contributed by atoms with Crippen LogP contribution in [0.5, 0.6) is 0 Å². The van der Waals surface area contributed by atoms with E-state index in [4.69, 9.17) is 4.74 Å². The highest BCUT2D eigenvalue weighted by Crippen LogP contribution is 2.67. The zero-order chi connectivity index (χ0) is 25.0. The van der Waals surface area contributed by atoms with Crippen molar-refractivity contribution >= 4 is 5.97 Å². The monoisotopic (exact) mass is 474 g/mol. The summed E-state index contributed by atoms with van der Waals surface area (Å²) in [6, 6.07) is 0. The van der Waals surface area contributed by atoms with Crippen LogP contribution < -0.4 is 0 Å². The number of carbonyl (C=O) groups excluding carboxylic acids is 1. The summed E-state index contributed by atoms with van der Waals surface area (Å²) < 4.78 is 6.14. The lowest BCUT2D eigenvalue weighted by molar-refractivity contribution is -0.186. The molecule has 4 aliphatic rings. The fraction of sp³-hybridized carbons (Fsp3) is 0.900. The molecule has 0 saturated heterocycles. The number of aliphatic hydroxyl groups is 2. The lowest BCUT2D eigenvalue weighted by atomic mass is 9.45. The van der Waals surface area contributed by atoms with Gasteiger partial charge in [0.1, 0.15) is 6.10 Å². The molecule has 2 N–H and O–H groups in total. The standard InChI is InChI=1S/C30H50O4/c1-17(2)18(3)8-9-19(4)24-12-13-25-23-11-10-21-14-22(32)15-27(33)30(21,7)28(23)26(34-20(5)31)16-29(24,25)6/h10,17-19,22-28,32-33H,8-9,11-16H2,1-7H3/t18-,19+,22+,23-,24+,25-,26+,27-,28+,29+,30+/m0/s1. The van der Waals surface area contributed by atoms with Crippen molar-refractivity contribution in [2.24, 2.45) is 52.3 Å². The van der Waals surface area contributed by atoms with Crippen LogP contribution in [0.3, 0.4) is 0 Å². The zero-order valence-corrected chi connectivity index (χ0v) is 22.7. The van der Waals surface area contributed by atoms with Gasteiger partial charge in [-0.05, 0) is 73.0 Å². The first kappa shape index (κ1) is 26.2. The Hall–Kier alpha value is -0.870. The summed E-state index contributed by atoms with van der Waals surface area (Å²) in [5.74, 6) is 3.77. The highest BCUT2D eigenvalue weighted by molar-refractivity contribution is 5.66. The van der Waals surface area contributed by atoms with Crippen molar-refractivity contribution in [3.8, 4) is 0 Å². The van der Waals surface area contributed by atoms with Crippen LogP contribution in [0.2, 0.25) is 0 Å². The molecule has 4 aliphatic carbocycles. The average Bonchev–Trinajstić information content (AvgIpc) is 3.08. The molecular weight excluding hydrogens is 424 g/mol. The van der Waals surface area contributed by atoms with Gasteiger partial charge in [0.15, 0.2) is 0 Å². The Bertz CT molecular complexity index is 789. The van der Waals surface area contributed by atoms with Gasteiger partial charge in [-0.2, -0.15) is 0 Å². The second-order valence-electron chi connectivity index (χ2n) is 13.5. The normalized spacial score (nSPS) is 45.6. The Morgan fingerprint density at radius 1 is 1.15 bits per heavy atom. The third-order valence-corrected chi connectivity index (χ3v) is 11.4. The molecule has 0 radical (unpaired) electrons. The minimum Gasteiger partial charge on any atom is -0.462 e. The second-order valence-corrected chi connectivity index (χ2v) is 13.5. The molecule has 4 heteroatoms. The van der Waals surface area contributed by atoms with Gasteiger partial charge in [-0.25, -0.2) is 0 Å². The molecule has 0 aromatic heterocycles. The molecule has 0 amide bonds. The minimum absolute atomic E-state index is 0.131. The van der Waals surface area contributed by atoms with Gasteiger partial charge in [0.25, 0.3) is 0 Å². The first-order valence-electron chi connectivity index (χ1n) is 14.1. The number of fused-ring (bicyclic) bond motifs is 5. The Labute approximate surface area is 207 Å². The Kier molecular flexibility index (Phi) is 7.35. The molecule has 3 saturated carbocycles. The second kappa shape index (κ2) is 9.54. The van der Waals surface area contributed by atoms with Crippen molar-refractivity contribution in [3.63, 3.8) is 0 Å². The smallest absolute Gasteiger partial charge is 0.302 e. The van der Waals surface area contributed by atoms with Gasteiger partial charge in [-0.3, -0.25) is 4.79 Å². The molecule has 4 nitrogen and oxygen atoms in total. The van der Waals surface area contributed by atoms with Gasteiger partial charge < -0.3 is 14.9 Å². The van der Waals surface area contributed by atoms with Crippen LogP contribution in [0.4, 0.5) is 0 Å². The number of aliphatic hydroxyl groups excluding tert-OH is 2. The van der Waals surface area contributed by atoms with E-state index in [0.717, 1.165) is 24.7 Å². The van der Waals surface area contributed by atoms with Crippen LogP contribution in [0.1, 0.15) is 99.8 Å². The maximum atomic E-state index is 12.3. The minimum atomic E-state index is -0.591. The van der Waals surface area contributed by atoms with Gasteiger partial charge in [0.2, 0.25) is 0 Å². The highest BCUT2D eigenvalue weighted by atomic mass is 16.5. The predicted octanol–water partition coefficient (Wildman–Crippen LogP) is 6.15. The summed E-state index contributed by atoms with van der Waals surface area (Å²) in [4.78, 5) is 12.3. The van der Waals surface area contributed by atoms with Crippen LogP contribution in [-0.4, -0.2) is 34.5 Å². The Morgan fingerprint density at radius 3 is 2.50 bits per heavy atom. The Balaban J connectivity index is 1.64. The van der Waals surface area contributed by atoms with E-state index in [9.17, 15) is 15.0 Å². The molecule has 0 bridgehead atoms. The van der Waals surface area contributed by atoms with E-state index in [1.165, 1.54) is 38.2 Å². The number of esters is 1. The lowest BCUT2D eigenvalue weighted by Crippen LogP contribution is -2.61. The number of rotatable bonds is 6. The molecule has 0 unspecified atom stereocenters. The van der Waals surface area contributed by atoms with E-state index < -0.39 is 17.6 Å². The molecule has 0 spiro atoms. The van der Waals surface area contributed by atoms with Crippen LogP contribution in [0.15, 0.2) is 11.6 Å². The van der Waals surface area contributed by atoms with Crippen molar-refractivity contribution in [2.45, 2.75) is 118 Å². The number of hydrogen-bond acceptors (Lipinski definition) is 4. The summed E-state index contributed by atoms with van der Waals surface area (Å²) in [7, 11) is 0. The first-order chi connectivity index (χ1) is 15.9. The predicted molar refractivity (Wildman–Crippen MR) is 136 cm³/mol. The molecule has 0 aromatic rings. The fourth-order valence-electron chi connectivity index (χ4n) is 9.14. The van der Waals surface area contributed by atoms with E-state index >= 15 is 0 Å². The molecular formula is C30H50O4. The van der Waals surface area contributed by atoms with Crippen molar-refractivity contribution in [2.75, 3.05) is 0 Å². The molecule has 34 heavy (non-hydrogen) atoms. The number of carbonyl (C=O) groups is 1. The van der Waals surface area contributed by atoms with Crippen LogP contribution in [0.25, 0.3) is 0 Å². The molecule has 3 fully saturated rings.